The molecule has 5 nitrogen and oxygen atoms in total. The van der Waals surface area contributed by atoms with E-state index in [2.05, 4.69) is 10.6 Å². The van der Waals surface area contributed by atoms with Crippen molar-refractivity contribution in [3.63, 3.8) is 0 Å². The number of aryl methyl sites for hydroxylation is 1. The average molecular weight is 418 g/mol. The number of carbonyl (C=O) groups is 2. The number of hydrogen-bond acceptors (Lipinski definition) is 3. The molecule has 0 aliphatic carbocycles. The number of rotatable bonds is 10. The summed E-state index contributed by atoms with van der Waals surface area (Å²) in [5, 5.41) is 5.35. The number of nitrogens with one attached hydrogen (secondary N) is 2. The molecule has 7 heteroatoms. The Balaban J connectivity index is 1.68. The van der Waals surface area contributed by atoms with Crippen LogP contribution in [0.2, 0.25) is 0 Å². The lowest BCUT2D eigenvalue weighted by Crippen LogP contribution is -2.36. The molecule has 1 atom stereocenters. The normalized spacial score (nSPS) is 11.8. The van der Waals surface area contributed by atoms with Gasteiger partial charge in [0, 0.05) is 25.1 Å². The van der Waals surface area contributed by atoms with E-state index >= 15 is 0 Å². The van der Waals surface area contributed by atoms with Gasteiger partial charge in [-0.25, -0.2) is 8.78 Å². The van der Waals surface area contributed by atoms with Crippen LogP contribution in [-0.2, 0) is 11.2 Å². The molecule has 0 fully saturated rings. The molecule has 0 bridgehead atoms. The molecule has 0 aromatic heterocycles. The highest BCUT2D eigenvalue weighted by Crippen LogP contribution is 2.15. The SMILES string of the molecule is CC(CCc1ccc(OC(C)C)cc1)NC(=O)CCNC(=O)c1ccc(F)cc1F. The molecule has 2 aromatic rings. The van der Waals surface area contributed by atoms with Crippen LogP contribution in [0, 0.1) is 11.6 Å². The van der Waals surface area contributed by atoms with Crippen LogP contribution in [0.1, 0.15) is 49.5 Å². The molecule has 2 N–H and O–H groups in total. The van der Waals surface area contributed by atoms with Crippen LogP contribution >= 0.6 is 0 Å². The molecule has 0 aliphatic rings. The Labute approximate surface area is 175 Å². The second kappa shape index (κ2) is 11.3. The molecule has 30 heavy (non-hydrogen) atoms. The first-order valence-electron chi connectivity index (χ1n) is 10.0. The smallest absolute Gasteiger partial charge is 0.254 e. The van der Waals surface area contributed by atoms with Gasteiger partial charge >= 0.3 is 0 Å². The van der Waals surface area contributed by atoms with Crippen molar-refractivity contribution in [1.82, 2.24) is 10.6 Å². The molecular weight excluding hydrogens is 390 g/mol. The van der Waals surface area contributed by atoms with Crippen molar-refractivity contribution in [2.45, 2.75) is 52.2 Å². The van der Waals surface area contributed by atoms with Gasteiger partial charge in [0.15, 0.2) is 0 Å². The van der Waals surface area contributed by atoms with E-state index in [9.17, 15) is 18.4 Å². The van der Waals surface area contributed by atoms with Gasteiger partial charge in [0.05, 0.1) is 11.7 Å². The largest absolute Gasteiger partial charge is 0.491 e. The van der Waals surface area contributed by atoms with Gasteiger partial charge in [-0.1, -0.05) is 12.1 Å². The molecule has 0 radical (unpaired) electrons. The van der Waals surface area contributed by atoms with Crippen LogP contribution < -0.4 is 15.4 Å². The zero-order valence-electron chi connectivity index (χ0n) is 17.5. The van der Waals surface area contributed by atoms with Gasteiger partial charge in [0.1, 0.15) is 17.4 Å². The van der Waals surface area contributed by atoms with Crippen LogP contribution in [0.4, 0.5) is 8.78 Å². The summed E-state index contributed by atoms with van der Waals surface area (Å²) in [7, 11) is 0. The quantitative estimate of drug-likeness (QED) is 0.613. The number of hydrogen-bond donors (Lipinski definition) is 2. The maximum absolute atomic E-state index is 13.6. The summed E-state index contributed by atoms with van der Waals surface area (Å²) >= 11 is 0. The van der Waals surface area contributed by atoms with Crippen molar-refractivity contribution in [3.8, 4) is 5.75 Å². The van der Waals surface area contributed by atoms with Crippen LogP contribution in [0.5, 0.6) is 5.75 Å². The molecule has 0 saturated heterocycles. The zero-order valence-corrected chi connectivity index (χ0v) is 17.5. The maximum Gasteiger partial charge on any atom is 0.254 e. The summed E-state index contributed by atoms with van der Waals surface area (Å²) in [5.74, 6) is -1.74. The van der Waals surface area contributed by atoms with Crippen molar-refractivity contribution in [2.75, 3.05) is 6.54 Å². The highest BCUT2D eigenvalue weighted by molar-refractivity contribution is 5.94. The Hall–Kier alpha value is -2.96. The van der Waals surface area contributed by atoms with E-state index in [-0.39, 0.29) is 36.6 Å². The lowest BCUT2D eigenvalue weighted by molar-refractivity contribution is -0.121. The molecule has 2 rings (SSSR count). The van der Waals surface area contributed by atoms with Crippen molar-refractivity contribution in [2.24, 2.45) is 0 Å². The van der Waals surface area contributed by atoms with E-state index in [1.165, 1.54) is 0 Å². The molecular formula is C23H28F2N2O3. The minimum atomic E-state index is -0.936. The Kier molecular flexibility index (Phi) is 8.77. The first-order chi connectivity index (χ1) is 14.2. The van der Waals surface area contributed by atoms with Crippen molar-refractivity contribution < 1.29 is 23.1 Å². The third kappa shape index (κ3) is 7.81. The summed E-state index contributed by atoms with van der Waals surface area (Å²) < 4.78 is 32.1. The maximum atomic E-state index is 13.6. The molecule has 1 unspecified atom stereocenters. The van der Waals surface area contributed by atoms with Gasteiger partial charge < -0.3 is 15.4 Å². The number of halogens is 2. The fourth-order valence-electron chi connectivity index (χ4n) is 2.87. The van der Waals surface area contributed by atoms with Crippen molar-refractivity contribution >= 4 is 11.8 Å². The standard InChI is InChI=1S/C23H28F2N2O3/c1-15(2)30-19-9-6-17(7-10-19)5-4-16(3)27-22(28)12-13-26-23(29)20-11-8-18(24)14-21(20)25/h6-11,14-16H,4-5,12-13H2,1-3H3,(H,26,29)(H,27,28). The number of benzene rings is 2. The summed E-state index contributed by atoms with van der Waals surface area (Å²) in [6.07, 6.45) is 1.78. The van der Waals surface area contributed by atoms with Crippen molar-refractivity contribution in [3.05, 3.63) is 65.2 Å². The van der Waals surface area contributed by atoms with Gasteiger partial charge in [0.2, 0.25) is 5.91 Å². The fourth-order valence-corrected chi connectivity index (χ4v) is 2.87. The van der Waals surface area contributed by atoms with Crippen LogP contribution in [0.15, 0.2) is 42.5 Å². The highest BCUT2D eigenvalue weighted by atomic mass is 19.1. The molecule has 162 valence electrons. The van der Waals surface area contributed by atoms with Crippen LogP contribution in [0.3, 0.4) is 0 Å². The lowest BCUT2D eigenvalue weighted by atomic mass is 10.1. The molecule has 2 aromatic carbocycles. The zero-order chi connectivity index (χ0) is 22.1. The predicted octanol–water partition coefficient (Wildman–Crippen LogP) is 4.01. The average Bonchev–Trinajstić information content (AvgIpc) is 2.67. The lowest BCUT2D eigenvalue weighted by Gasteiger charge is -2.15. The van der Waals surface area contributed by atoms with Gasteiger partial charge in [-0.15, -0.1) is 0 Å². The van der Waals surface area contributed by atoms with Crippen LogP contribution in [0.25, 0.3) is 0 Å². The summed E-state index contributed by atoms with van der Waals surface area (Å²) in [6, 6.07) is 10.6. The highest BCUT2D eigenvalue weighted by Gasteiger charge is 2.13. The first-order valence-corrected chi connectivity index (χ1v) is 10.0. The molecule has 0 spiro atoms. The second-order valence-corrected chi connectivity index (χ2v) is 7.45. The molecule has 0 saturated carbocycles. The predicted molar refractivity (Wildman–Crippen MR) is 111 cm³/mol. The van der Waals surface area contributed by atoms with E-state index in [1.54, 1.807) is 0 Å². The third-order valence-corrected chi connectivity index (χ3v) is 4.38. The Morgan fingerprint density at radius 3 is 2.37 bits per heavy atom. The van der Waals surface area contributed by atoms with Crippen LogP contribution in [-0.4, -0.2) is 30.5 Å². The second-order valence-electron chi connectivity index (χ2n) is 7.45. The third-order valence-electron chi connectivity index (χ3n) is 4.38. The fraction of sp³-hybridized carbons (Fsp3) is 0.391. The first kappa shape index (κ1) is 23.3. The molecule has 2 amide bonds. The van der Waals surface area contributed by atoms with E-state index < -0.39 is 17.5 Å². The van der Waals surface area contributed by atoms with Crippen molar-refractivity contribution in [1.29, 1.82) is 0 Å². The number of carbonyl (C=O) groups excluding carboxylic acids is 2. The number of amides is 2. The molecule has 0 aliphatic heterocycles. The minimum absolute atomic E-state index is 0.0330. The van der Waals surface area contributed by atoms with E-state index in [0.717, 1.165) is 36.3 Å². The monoisotopic (exact) mass is 418 g/mol. The molecule has 0 heterocycles. The van der Waals surface area contributed by atoms with Gasteiger partial charge in [-0.05, 0) is 63.4 Å². The summed E-state index contributed by atoms with van der Waals surface area (Å²) in [4.78, 5) is 23.9. The van der Waals surface area contributed by atoms with E-state index in [4.69, 9.17) is 4.74 Å². The Morgan fingerprint density at radius 1 is 1.03 bits per heavy atom. The summed E-state index contributed by atoms with van der Waals surface area (Å²) in [5.41, 5.74) is 0.899. The van der Waals surface area contributed by atoms with Gasteiger partial charge in [0.25, 0.3) is 5.91 Å². The Morgan fingerprint density at radius 2 is 1.73 bits per heavy atom. The van der Waals surface area contributed by atoms with E-state index in [1.807, 2.05) is 45.0 Å². The van der Waals surface area contributed by atoms with Gasteiger partial charge in [-0.2, -0.15) is 0 Å². The topological polar surface area (TPSA) is 67.4 Å². The minimum Gasteiger partial charge on any atom is -0.491 e. The van der Waals surface area contributed by atoms with Gasteiger partial charge in [-0.3, -0.25) is 9.59 Å². The summed E-state index contributed by atoms with van der Waals surface area (Å²) in [6.45, 7) is 5.93. The van der Waals surface area contributed by atoms with E-state index in [0.29, 0.717) is 6.07 Å². The number of ether oxygens (including phenoxy) is 1. The Bertz CT molecular complexity index is 854.